The van der Waals surface area contributed by atoms with Crippen molar-refractivity contribution in [2.75, 3.05) is 13.2 Å². The first-order valence-corrected chi connectivity index (χ1v) is 12.6. The van der Waals surface area contributed by atoms with Gasteiger partial charge in [0.1, 0.15) is 0 Å². The number of hydrogen-bond acceptors (Lipinski definition) is 8. The predicted molar refractivity (Wildman–Crippen MR) is 125 cm³/mol. The van der Waals surface area contributed by atoms with Gasteiger partial charge in [0.2, 0.25) is 5.78 Å². The summed E-state index contributed by atoms with van der Waals surface area (Å²) < 4.78 is 33.2. The highest BCUT2D eigenvalue weighted by atomic mass is 19.1. The lowest BCUT2D eigenvalue weighted by Crippen LogP contribution is -2.70. The van der Waals surface area contributed by atoms with Crippen LogP contribution >= 0.6 is 0 Å². The fourth-order valence-corrected chi connectivity index (χ4v) is 7.95. The fourth-order valence-electron chi connectivity index (χ4n) is 7.95. The highest BCUT2D eigenvalue weighted by molar-refractivity contribution is 6.01. The molecule has 0 unspecified atom stereocenters. The number of hydrogen-bond donors (Lipinski definition) is 1. The smallest absolute Gasteiger partial charge is 0.458 e. The number of carbonyl (C=O) groups excluding carboxylic acids is 4. The van der Waals surface area contributed by atoms with Crippen molar-refractivity contribution in [1.82, 2.24) is 0 Å². The second-order valence-corrected chi connectivity index (χ2v) is 11.1. The molecule has 0 aromatic heterocycles. The zero-order valence-electron chi connectivity index (χ0n) is 21.5. The Morgan fingerprint density at radius 1 is 1.19 bits per heavy atom. The van der Waals surface area contributed by atoms with Crippen LogP contribution in [0.3, 0.4) is 0 Å². The molecule has 36 heavy (non-hydrogen) atoms. The van der Waals surface area contributed by atoms with Crippen molar-refractivity contribution in [3.05, 3.63) is 23.8 Å². The number of aliphatic hydroxyl groups is 1. The molecular formula is C27H35FO8. The first-order chi connectivity index (χ1) is 16.8. The van der Waals surface area contributed by atoms with Crippen molar-refractivity contribution in [2.45, 2.75) is 77.7 Å². The molecule has 4 aliphatic rings. The van der Waals surface area contributed by atoms with Gasteiger partial charge in [-0.15, -0.1) is 0 Å². The quantitative estimate of drug-likeness (QED) is 0.562. The molecule has 0 aliphatic heterocycles. The van der Waals surface area contributed by atoms with Crippen molar-refractivity contribution in [3.63, 3.8) is 0 Å². The number of rotatable bonds is 5. The highest BCUT2D eigenvalue weighted by Gasteiger charge is 2.77. The summed E-state index contributed by atoms with van der Waals surface area (Å²) in [5, 5.41) is 11.5. The SMILES string of the molecule is CCOC(=O)O[C@]1(C(=O)COC(C)=O)[C@H](C)C[C@H]2[C@@H]3CCC4=CC(=O)C=C[C@]4(C)[C@@]3(F)[C@@H](O)C[C@@]21C. The summed E-state index contributed by atoms with van der Waals surface area (Å²) in [5.41, 5.74) is -5.54. The number of esters is 1. The Bertz CT molecular complexity index is 1050. The van der Waals surface area contributed by atoms with Gasteiger partial charge in [-0.2, -0.15) is 0 Å². The van der Waals surface area contributed by atoms with Gasteiger partial charge in [-0.25, -0.2) is 9.18 Å². The van der Waals surface area contributed by atoms with E-state index in [4.69, 9.17) is 14.2 Å². The first-order valence-electron chi connectivity index (χ1n) is 12.6. The monoisotopic (exact) mass is 506 g/mol. The molecule has 4 aliphatic carbocycles. The van der Waals surface area contributed by atoms with Gasteiger partial charge < -0.3 is 19.3 Å². The van der Waals surface area contributed by atoms with Gasteiger partial charge in [0.25, 0.3) is 0 Å². The Morgan fingerprint density at radius 2 is 1.89 bits per heavy atom. The summed E-state index contributed by atoms with van der Waals surface area (Å²) in [7, 11) is 0. The van der Waals surface area contributed by atoms with Crippen LogP contribution in [0.15, 0.2) is 23.8 Å². The third-order valence-corrected chi connectivity index (χ3v) is 9.51. The molecule has 0 bridgehead atoms. The molecule has 198 valence electrons. The maximum absolute atomic E-state index is 17.3. The minimum atomic E-state index is -2.09. The molecule has 4 rings (SSSR count). The van der Waals surface area contributed by atoms with Crippen LogP contribution in [0.25, 0.3) is 0 Å². The van der Waals surface area contributed by atoms with E-state index in [2.05, 4.69) is 0 Å². The van der Waals surface area contributed by atoms with Crippen LogP contribution in [-0.4, -0.2) is 59.4 Å². The normalized spacial score (nSPS) is 43.0. The van der Waals surface area contributed by atoms with Crippen molar-refractivity contribution in [1.29, 1.82) is 0 Å². The van der Waals surface area contributed by atoms with E-state index in [0.717, 1.165) is 0 Å². The Morgan fingerprint density at radius 3 is 2.53 bits per heavy atom. The van der Waals surface area contributed by atoms with E-state index in [9.17, 15) is 24.3 Å². The molecule has 0 saturated heterocycles. The average molecular weight is 507 g/mol. The van der Waals surface area contributed by atoms with Crippen molar-refractivity contribution in [2.24, 2.45) is 28.6 Å². The van der Waals surface area contributed by atoms with Gasteiger partial charge in [0, 0.05) is 29.6 Å². The largest absolute Gasteiger partial charge is 0.509 e. The lowest BCUT2D eigenvalue weighted by molar-refractivity contribution is -0.222. The molecule has 0 heterocycles. The van der Waals surface area contributed by atoms with E-state index >= 15 is 4.39 Å². The van der Waals surface area contributed by atoms with Crippen molar-refractivity contribution in [3.8, 4) is 0 Å². The van der Waals surface area contributed by atoms with Crippen molar-refractivity contribution >= 4 is 23.7 Å². The number of fused-ring (bicyclic) bond motifs is 5. The van der Waals surface area contributed by atoms with Gasteiger partial charge in [-0.1, -0.05) is 25.5 Å². The van der Waals surface area contributed by atoms with E-state index in [1.54, 1.807) is 33.8 Å². The summed E-state index contributed by atoms with van der Waals surface area (Å²) in [6, 6.07) is 0. The number of ether oxygens (including phenoxy) is 3. The van der Waals surface area contributed by atoms with Crippen LogP contribution < -0.4 is 0 Å². The van der Waals surface area contributed by atoms with Crippen LogP contribution in [-0.2, 0) is 28.6 Å². The predicted octanol–water partition coefficient (Wildman–Crippen LogP) is 3.65. The molecule has 1 N–H and O–H groups in total. The van der Waals surface area contributed by atoms with Crippen LogP contribution in [0.4, 0.5) is 9.18 Å². The number of Topliss-reactive ketones (excluding diaryl/α,β-unsaturated/α-hetero) is 1. The molecule has 8 nitrogen and oxygen atoms in total. The number of halogens is 1. The molecule has 0 amide bonds. The molecule has 0 radical (unpaired) electrons. The van der Waals surface area contributed by atoms with Crippen LogP contribution in [0.2, 0.25) is 0 Å². The molecule has 3 fully saturated rings. The van der Waals surface area contributed by atoms with Gasteiger partial charge in [0.05, 0.1) is 12.7 Å². The van der Waals surface area contributed by atoms with E-state index in [0.29, 0.717) is 24.8 Å². The number of allylic oxidation sites excluding steroid dienone is 4. The Labute approximate surface area is 210 Å². The Hall–Kier alpha value is -2.55. The fraction of sp³-hybridized carbons (Fsp3) is 0.704. The molecule has 0 aromatic rings. The maximum Gasteiger partial charge on any atom is 0.509 e. The topological polar surface area (TPSA) is 116 Å². The highest BCUT2D eigenvalue weighted by Crippen LogP contribution is 2.71. The van der Waals surface area contributed by atoms with Crippen LogP contribution in [0, 0.1) is 28.6 Å². The van der Waals surface area contributed by atoms with E-state index < -0.39 is 70.5 Å². The van der Waals surface area contributed by atoms with E-state index in [-0.39, 0.29) is 18.8 Å². The number of alkyl halides is 1. The molecule has 0 aromatic carbocycles. The third-order valence-electron chi connectivity index (χ3n) is 9.51. The lowest BCUT2D eigenvalue weighted by atomic mass is 9.44. The third kappa shape index (κ3) is 3.41. The summed E-state index contributed by atoms with van der Waals surface area (Å²) in [6.07, 6.45) is 2.88. The Kier molecular flexibility index (Phi) is 6.47. The average Bonchev–Trinajstić information content (AvgIpc) is 3.01. The summed E-state index contributed by atoms with van der Waals surface area (Å²) in [5.74, 6) is -3.13. The minimum Gasteiger partial charge on any atom is -0.458 e. The van der Waals surface area contributed by atoms with Gasteiger partial charge in [-0.3, -0.25) is 14.4 Å². The molecule has 9 heteroatoms. The lowest BCUT2D eigenvalue weighted by Gasteiger charge is -2.62. The van der Waals surface area contributed by atoms with E-state index in [1.165, 1.54) is 19.1 Å². The van der Waals surface area contributed by atoms with Gasteiger partial charge in [-0.05, 0) is 57.6 Å². The second kappa shape index (κ2) is 8.78. The molecule has 0 spiro atoms. The molecular weight excluding hydrogens is 471 g/mol. The molecule has 8 atom stereocenters. The molecule has 3 saturated carbocycles. The maximum atomic E-state index is 17.3. The summed E-state index contributed by atoms with van der Waals surface area (Å²) >= 11 is 0. The minimum absolute atomic E-state index is 0.0267. The van der Waals surface area contributed by atoms with Gasteiger partial charge >= 0.3 is 12.1 Å². The number of aliphatic hydroxyl groups excluding tert-OH is 1. The zero-order chi connectivity index (χ0) is 26.7. The summed E-state index contributed by atoms with van der Waals surface area (Å²) in [6.45, 7) is 7.42. The van der Waals surface area contributed by atoms with Crippen LogP contribution in [0.5, 0.6) is 0 Å². The van der Waals surface area contributed by atoms with E-state index in [1.807, 2.05) is 0 Å². The van der Waals surface area contributed by atoms with Crippen molar-refractivity contribution < 1.29 is 42.9 Å². The first kappa shape index (κ1) is 26.5. The van der Waals surface area contributed by atoms with Crippen LogP contribution in [0.1, 0.15) is 60.3 Å². The Balaban J connectivity index is 1.81. The zero-order valence-corrected chi connectivity index (χ0v) is 21.5. The number of carbonyl (C=O) groups is 4. The summed E-state index contributed by atoms with van der Waals surface area (Å²) in [4.78, 5) is 49.8. The standard InChI is InChI=1S/C27H35FO8/c1-6-34-23(33)36-27(22(32)14-35-16(3)29)15(2)11-20-19-8-7-17-12-18(30)9-10-24(17,4)26(19,28)21(31)13-25(20,27)5/h9-10,12,15,19-21,31H,6-8,11,13-14H2,1-5H3/t15-,19+,20+,21+,24+,25+,26+,27+/m1/s1. The second-order valence-electron chi connectivity index (χ2n) is 11.1. The van der Waals surface area contributed by atoms with Gasteiger partial charge in [0.15, 0.2) is 23.7 Å². The number of ketones is 2.